The lowest BCUT2D eigenvalue weighted by Crippen LogP contribution is -2.48. The molecule has 2 aromatic rings. The van der Waals surface area contributed by atoms with Crippen molar-refractivity contribution in [2.75, 3.05) is 19.4 Å². The number of thioether (sulfide) groups is 1. The number of benzene rings is 2. The topological polar surface area (TPSA) is 58.6 Å². The molecule has 2 rings (SSSR count). The summed E-state index contributed by atoms with van der Waals surface area (Å²) in [6, 6.07) is 15.1. The molecule has 0 aliphatic heterocycles. The molecule has 2 aromatic carbocycles. The second kappa shape index (κ2) is 12.8. The van der Waals surface area contributed by atoms with Gasteiger partial charge in [0, 0.05) is 23.3 Å². The van der Waals surface area contributed by atoms with Gasteiger partial charge in [-0.05, 0) is 48.2 Å². The molecule has 7 heteroatoms. The van der Waals surface area contributed by atoms with Gasteiger partial charge in [0.1, 0.15) is 11.8 Å². The molecule has 0 spiro atoms. The summed E-state index contributed by atoms with van der Waals surface area (Å²) in [5.74, 6) is 2.02. The summed E-state index contributed by atoms with van der Waals surface area (Å²) in [7, 11) is 1.64. The highest BCUT2D eigenvalue weighted by Gasteiger charge is 2.26. The van der Waals surface area contributed by atoms with Crippen molar-refractivity contribution in [1.29, 1.82) is 0 Å². The molecule has 0 aliphatic carbocycles. The first kappa shape index (κ1) is 25.3. The quantitative estimate of drug-likeness (QED) is 0.471. The number of carbonyl (C=O) groups is 2. The van der Waals surface area contributed by atoms with Crippen LogP contribution in [0.25, 0.3) is 0 Å². The molecule has 1 atom stereocenters. The zero-order valence-electron chi connectivity index (χ0n) is 18.6. The van der Waals surface area contributed by atoms with Crippen molar-refractivity contribution in [3.8, 4) is 5.75 Å². The molecular formula is C24H31BrN2O3S. The first-order chi connectivity index (χ1) is 14.8. The van der Waals surface area contributed by atoms with E-state index in [-0.39, 0.29) is 11.8 Å². The van der Waals surface area contributed by atoms with Crippen molar-refractivity contribution < 1.29 is 14.3 Å². The van der Waals surface area contributed by atoms with E-state index in [1.807, 2.05) is 62.4 Å². The maximum atomic E-state index is 13.1. The van der Waals surface area contributed by atoms with Crippen LogP contribution < -0.4 is 10.1 Å². The van der Waals surface area contributed by atoms with Crippen molar-refractivity contribution in [3.63, 3.8) is 0 Å². The predicted octanol–water partition coefficient (Wildman–Crippen LogP) is 4.88. The van der Waals surface area contributed by atoms with Crippen LogP contribution in [-0.4, -0.2) is 42.2 Å². The van der Waals surface area contributed by atoms with E-state index in [0.29, 0.717) is 24.8 Å². The molecule has 0 bridgehead atoms. The Labute approximate surface area is 198 Å². The highest BCUT2D eigenvalue weighted by atomic mass is 79.9. The average Bonchev–Trinajstić information content (AvgIpc) is 2.76. The van der Waals surface area contributed by atoms with Crippen LogP contribution >= 0.6 is 27.7 Å². The van der Waals surface area contributed by atoms with E-state index in [0.717, 1.165) is 27.1 Å². The molecule has 31 heavy (non-hydrogen) atoms. The molecule has 0 fully saturated rings. The molecule has 0 aliphatic rings. The Kier molecular flexibility index (Phi) is 10.4. The molecule has 1 N–H and O–H groups in total. The molecular weight excluding hydrogens is 476 g/mol. The van der Waals surface area contributed by atoms with Crippen molar-refractivity contribution in [1.82, 2.24) is 10.2 Å². The first-order valence-corrected chi connectivity index (χ1v) is 12.3. The minimum Gasteiger partial charge on any atom is -0.497 e. The van der Waals surface area contributed by atoms with Crippen LogP contribution in [0.1, 0.15) is 31.9 Å². The van der Waals surface area contributed by atoms with Crippen LogP contribution in [0.5, 0.6) is 5.75 Å². The van der Waals surface area contributed by atoms with E-state index >= 15 is 0 Å². The Balaban J connectivity index is 2.03. The number of hydrogen-bond donors (Lipinski definition) is 1. The lowest BCUT2D eigenvalue weighted by Gasteiger charge is -2.29. The number of rotatable bonds is 11. The Morgan fingerprint density at radius 2 is 1.65 bits per heavy atom. The number of nitrogens with zero attached hydrogens (tertiary/aromatic N) is 1. The van der Waals surface area contributed by atoms with E-state index in [4.69, 9.17) is 4.74 Å². The standard InChI is InChI=1S/C24H31BrN2O3S/c1-17(2)13-26-24(29)18(3)27(14-19-5-9-21(25)10-6-19)23(28)16-31-15-20-7-11-22(30-4)12-8-20/h5-12,17-18H,13-16H2,1-4H3,(H,26,29)/t18-/m1/s1. The molecule has 0 aromatic heterocycles. The summed E-state index contributed by atoms with van der Waals surface area (Å²) in [6.07, 6.45) is 0. The number of hydrogen-bond acceptors (Lipinski definition) is 4. The summed E-state index contributed by atoms with van der Waals surface area (Å²) < 4.78 is 6.16. The largest absolute Gasteiger partial charge is 0.497 e. The second-order valence-corrected chi connectivity index (χ2v) is 9.71. The monoisotopic (exact) mass is 506 g/mol. The van der Waals surface area contributed by atoms with Gasteiger partial charge < -0.3 is 15.0 Å². The Morgan fingerprint density at radius 1 is 1.03 bits per heavy atom. The van der Waals surface area contributed by atoms with Gasteiger partial charge in [-0.15, -0.1) is 11.8 Å². The summed E-state index contributed by atoms with van der Waals surface area (Å²) in [4.78, 5) is 27.4. The van der Waals surface area contributed by atoms with Crippen molar-refractivity contribution in [2.24, 2.45) is 5.92 Å². The molecule has 0 unspecified atom stereocenters. The SMILES string of the molecule is COc1ccc(CSCC(=O)N(Cc2ccc(Br)cc2)[C@H](C)C(=O)NCC(C)C)cc1. The number of nitrogens with one attached hydrogen (secondary N) is 1. The van der Waals surface area contributed by atoms with Crippen LogP contribution in [0.4, 0.5) is 0 Å². The maximum absolute atomic E-state index is 13.1. The van der Waals surface area contributed by atoms with Crippen molar-refractivity contribution in [3.05, 3.63) is 64.1 Å². The highest BCUT2D eigenvalue weighted by Crippen LogP contribution is 2.19. The fraction of sp³-hybridized carbons (Fsp3) is 0.417. The molecule has 168 valence electrons. The average molecular weight is 507 g/mol. The van der Waals surface area contributed by atoms with Gasteiger partial charge in [0.25, 0.3) is 0 Å². The molecule has 0 heterocycles. The number of halogens is 1. The number of methoxy groups -OCH3 is 1. The Morgan fingerprint density at radius 3 is 2.23 bits per heavy atom. The van der Waals surface area contributed by atoms with Gasteiger partial charge >= 0.3 is 0 Å². The van der Waals surface area contributed by atoms with Gasteiger partial charge in [0.2, 0.25) is 11.8 Å². The summed E-state index contributed by atoms with van der Waals surface area (Å²) in [6.45, 7) is 6.87. The third kappa shape index (κ3) is 8.57. The summed E-state index contributed by atoms with van der Waals surface area (Å²) >= 11 is 4.98. The van der Waals surface area contributed by atoms with Gasteiger partial charge in [0.05, 0.1) is 12.9 Å². The molecule has 0 saturated carbocycles. The van der Waals surface area contributed by atoms with E-state index in [1.165, 1.54) is 0 Å². The minimum atomic E-state index is -0.545. The van der Waals surface area contributed by atoms with Gasteiger partial charge in [0.15, 0.2) is 0 Å². The van der Waals surface area contributed by atoms with Gasteiger partial charge in [-0.25, -0.2) is 0 Å². The normalized spacial score (nSPS) is 11.8. The fourth-order valence-electron chi connectivity index (χ4n) is 2.88. The fourth-order valence-corrected chi connectivity index (χ4v) is 4.02. The number of ether oxygens (including phenoxy) is 1. The number of carbonyl (C=O) groups excluding carboxylic acids is 2. The molecule has 0 radical (unpaired) electrons. The van der Waals surface area contributed by atoms with Crippen molar-refractivity contribution >= 4 is 39.5 Å². The van der Waals surface area contributed by atoms with E-state index in [9.17, 15) is 9.59 Å². The van der Waals surface area contributed by atoms with E-state index < -0.39 is 6.04 Å². The van der Waals surface area contributed by atoms with E-state index in [1.54, 1.807) is 30.7 Å². The first-order valence-electron chi connectivity index (χ1n) is 10.3. The van der Waals surface area contributed by atoms with Gasteiger partial charge in [-0.2, -0.15) is 0 Å². The third-order valence-corrected chi connectivity index (χ3v) is 6.29. The lowest BCUT2D eigenvalue weighted by molar-refractivity contribution is -0.138. The molecule has 5 nitrogen and oxygen atoms in total. The van der Waals surface area contributed by atoms with Crippen LogP contribution in [0, 0.1) is 5.92 Å². The highest BCUT2D eigenvalue weighted by molar-refractivity contribution is 9.10. The van der Waals surface area contributed by atoms with Crippen LogP contribution in [0.3, 0.4) is 0 Å². The molecule has 0 saturated heterocycles. The number of amides is 2. The van der Waals surface area contributed by atoms with Crippen LogP contribution in [-0.2, 0) is 21.9 Å². The lowest BCUT2D eigenvalue weighted by atomic mass is 10.1. The second-order valence-electron chi connectivity index (χ2n) is 7.80. The Bertz CT molecular complexity index is 841. The van der Waals surface area contributed by atoms with Gasteiger partial charge in [-0.1, -0.05) is 54.0 Å². The maximum Gasteiger partial charge on any atom is 0.242 e. The minimum absolute atomic E-state index is 0.0476. The van der Waals surface area contributed by atoms with E-state index in [2.05, 4.69) is 21.2 Å². The van der Waals surface area contributed by atoms with Crippen LogP contribution in [0.15, 0.2) is 53.0 Å². The van der Waals surface area contributed by atoms with Gasteiger partial charge in [-0.3, -0.25) is 9.59 Å². The predicted molar refractivity (Wildman–Crippen MR) is 131 cm³/mol. The molecule has 2 amide bonds. The zero-order chi connectivity index (χ0) is 22.8. The Hall–Kier alpha value is -1.99. The van der Waals surface area contributed by atoms with Crippen LogP contribution in [0.2, 0.25) is 0 Å². The third-order valence-electron chi connectivity index (χ3n) is 4.77. The smallest absolute Gasteiger partial charge is 0.242 e. The summed E-state index contributed by atoms with van der Waals surface area (Å²) in [5, 5.41) is 2.95. The summed E-state index contributed by atoms with van der Waals surface area (Å²) in [5.41, 5.74) is 2.11. The zero-order valence-corrected chi connectivity index (χ0v) is 21.0. The van der Waals surface area contributed by atoms with Crippen molar-refractivity contribution in [2.45, 2.75) is 39.1 Å².